The first kappa shape index (κ1) is 21.0. The minimum atomic E-state index is -0.0647. The van der Waals surface area contributed by atoms with Crippen molar-refractivity contribution in [1.82, 2.24) is 19.5 Å². The molecule has 9 nitrogen and oxygen atoms in total. The molecule has 0 fully saturated rings. The summed E-state index contributed by atoms with van der Waals surface area (Å²) < 4.78 is 1.97. The minimum Gasteiger partial charge on any atom is -0.395 e. The number of rotatable bonds is 10. The molecule has 0 spiro atoms. The van der Waals surface area contributed by atoms with E-state index in [2.05, 4.69) is 34.1 Å². The molecule has 1 aromatic carbocycles. The van der Waals surface area contributed by atoms with Gasteiger partial charge in [-0.25, -0.2) is 4.98 Å². The van der Waals surface area contributed by atoms with Crippen LogP contribution in [0.5, 0.6) is 0 Å². The number of nitrogens with zero attached hydrogens (tertiary/aromatic N) is 5. The summed E-state index contributed by atoms with van der Waals surface area (Å²) in [5.41, 5.74) is 3.27. The molecule has 29 heavy (non-hydrogen) atoms. The first-order valence-electron chi connectivity index (χ1n) is 9.71. The molecule has 0 aliphatic rings. The maximum Gasteiger partial charge on any atom is 0.229 e. The summed E-state index contributed by atoms with van der Waals surface area (Å²) in [7, 11) is 0. The van der Waals surface area contributed by atoms with Crippen LogP contribution in [0.4, 0.5) is 11.8 Å². The van der Waals surface area contributed by atoms with Crippen LogP contribution in [0.15, 0.2) is 30.6 Å². The highest BCUT2D eigenvalue weighted by molar-refractivity contribution is 5.84. The lowest BCUT2D eigenvalue weighted by Gasteiger charge is -2.21. The molecular weight excluding hydrogens is 372 g/mol. The second kappa shape index (κ2) is 9.64. The average molecular weight is 400 g/mol. The standard InChI is InChI=1S/C20H28N6O3/c1-14(2)26-13-22-17-18(21-11-15-3-5-16(12-29)6-4-15)23-20(24-19(17)26)25(7-9-27)8-10-28/h3-6,13-14,27-29H,7-12H2,1-2H3,(H,21,23,24). The second-order valence-electron chi connectivity index (χ2n) is 7.05. The van der Waals surface area contributed by atoms with Crippen LogP contribution in [0.3, 0.4) is 0 Å². The number of fused-ring (bicyclic) bond motifs is 1. The Bertz CT molecular complexity index is 920. The van der Waals surface area contributed by atoms with Crippen molar-refractivity contribution in [1.29, 1.82) is 0 Å². The smallest absolute Gasteiger partial charge is 0.229 e. The predicted molar refractivity (Wildman–Crippen MR) is 112 cm³/mol. The molecule has 2 heterocycles. The van der Waals surface area contributed by atoms with Crippen LogP contribution >= 0.6 is 0 Å². The molecule has 2 aromatic heterocycles. The lowest BCUT2D eigenvalue weighted by molar-refractivity contribution is 0.280. The monoisotopic (exact) mass is 400 g/mol. The Balaban J connectivity index is 1.96. The molecule has 0 atom stereocenters. The van der Waals surface area contributed by atoms with Gasteiger partial charge in [-0.05, 0) is 25.0 Å². The van der Waals surface area contributed by atoms with Gasteiger partial charge in [0.2, 0.25) is 5.95 Å². The zero-order valence-corrected chi connectivity index (χ0v) is 16.8. The highest BCUT2D eigenvalue weighted by Crippen LogP contribution is 2.25. The van der Waals surface area contributed by atoms with Gasteiger partial charge in [0.15, 0.2) is 17.0 Å². The van der Waals surface area contributed by atoms with E-state index in [1.807, 2.05) is 28.8 Å². The summed E-state index contributed by atoms with van der Waals surface area (Å²) in [6.45, 7) is 5.17. The van der Waals surface area contributed by atoms with Gasteiger partial charge in [0.05, 0.1) is 26.1 Å². The molecule has 0 amide bonds. The van der Waals surface area contributed by atoms with E-state index in [9.17, 15) is 15.3 Å². The van der Waals surface area contributed by atoms with E-state index < -0.39 is 0 Å². The molecule has 3 aromatic rings. The summed E-state index contributed by atoms with van der Waals surface area (Å²) in [5, 5.41) is 31.3. The van der Waals surface area contributed by atoms with Gasteiger partial charge in [-0.15, -0.1) is 0 Å². The van der Waals surface area contributed by atoms with Gasteiger partial charge >= 0.3 is 0 Å². The fourth-order valence-electron chi connectivity index (χ4n) is 3.05. The summed E-state index contributed by atoms with van der Waals surface area (Å²) in [5.74, 6) is 1.03. The third-order valence-corrected chi connectivity index (χ3v) is 4.65. The third kappa shape index (κ3) is 4.81. The van der Waals surface area contributed by atoms with E-state index in [4.69, 9.17) is 0 Å². The van der Waals surface area contributed by atoms with Gasteiger partial charge in [0.25, 0.3) is 0 Å². The number of imidazole rings is 1. The Morgan fingerprint density at radius 2 is 1.66 bits per heavy atom. The number of aromatic nitrogens is 4. The molecule has 0 unspecified atom stereocenters. The highest BCUT2D eigenvalue weighted by atomic mass is 16.3. The van der Waals surface area contributed by atoms with Crippen LogP contribution in [0.2, 0.25) is 0 Å². The van der Waals surface area contributed by atoms with E-state index in [1.165, 1.54) is 0 Å². The Morgan fingerprint density at radius 1 is 1.00 bits per heavy atom. The van der Waals surface area contributed by atoms with Crippen LogP contribution in [0.25, 0.3) is 11.2 Å². The second-order valence-corrected chi connectivity index (χ2v) is 7.05. The fourth-order valence-corrected chi connectivity index (χ4v) is 3.05. The van der Waals surface area contributed by atoms with Gasteiger partial charge in [-0.1, -0.05) is 24.3 Å². The first-order valence-corrected chi connectivity index (χ1v) is 9.71. The van der Waals surface area contributed by atoms with Gasteiger partial charge in [0, 0.05) is 25.7 Å². The van der Waals surface area contributed by atoms with Gasteiger partial charge < -0.3 is 30.1 Å². The van der Waals surface area contributed by atoms with Crippen molar-refractivity contribution in [2.24, 2.45) is 0 Å². The lowest BCUT2D eigenvalue weighted by Crippen LogP contribution is -2.31. The number of hydrogen-bond acceptors (Lipinski definition) is 8. The van der Waals surface area contributed by atoms with Gasteiger partial charge in [-0.2, -0.15) is 9.97 Å². The highest BCUT2D eigenvalue weighted by Gasteiger charge is 2.18. The van der Waals surface area contributed by atoms with E-state index in [1.54, 1.807) is 11.2 Å². The number of aliphatic hydroxyl groups is 3. The van der Waals surface area contributed by atoms with Crippen molar-refractivity contribution in [3.63, 3.8) is 0 Å². The summed E-state index contributed by atoms with van der Waals surface area (Å²) in [6.07, 6.45) is 1.75. The van der Waals surface area contributed by atoms with Crippen LogP contribution in [-0.2, 0) is 13.2 Å². The molecule has 0 saturated heterocycles. The van der Waals surface area contributed by atoms with Crippen molar-refractivity contribution in [2.45, 2.75) is 33.0 Å². The average Bonchev–Trinajstić information content (AvgIpc) is 3.16. The molecule has 0 aliphatic carbocycles. The quantitative estimate of drug-likeness (QED) is 0.402. The van der Waals surface area contributed by atoms with E-state index >= 15 is 0 Å². The summed E-state index contributed by atoms with van der Waals surface area (Å²) in [6, 6.07) is 7.85. The predicted octanol–water partition coefficient (Wildman–Crippen LogP) is 1.30. The number of anilines is 2. The van der Waals surface area contributed by atoms with Gasteiger partial charge in [0.1, 0.15) is 0 Å². The van der Waals surface area contributed by atoms with Crippen LogP contribution in [0, 0.1) is 0 Å². The summed E-state index contributed by atoms with van der Waals surface area (Å²) >= 11 is 0. The molecule has 0 aliphatic heterocycles. The van der Waals surface area contributed by atoms with Crippen LogP contribution < -0.4 is 10.2 Å². The molecule has 0 radical (unpaired) electrons. The zero-order chi connectivity index (χ0) is 20.8. The largest absolute Gasteiger partial charge is 0.395 e. The molecule has 3 rings (SSSR count). The fraction of sp³-hybridized carbons (Fsp3) is 0.450. The van der Waals surface area contributed by atoms with Crippen molar-refractivity contribution >= 4 is 22.9 Å². The molecule has 4 N–H and O–H groups in total. The molecular formula is C20H28N6O3. The Labute approximate surface area is 169 Å². The van der Waals surface area contributed by atoms with Crippen molar-refractivity contribution in [3.05, 3.63) is 41.7 Å². The van der Waals surface area contributed by atoms with Crippen molar-refractivity contribution in [3.8, 4) is 0 Å². The lowest BCUT2D eigenvalue weighted by atomic mass is 10.1. The molecule has 0 saturated carbocycles. The van der Waals surface area contributed by atoms with Crippen molar-refractivity contribution < 1.29 is 15.3 Å². The van der Waals surface area contributed by atoms with E-state index in [0.717, 1.165) is 11.1 Å². The number of benzene rings is 1. The molecule has 156 valence electrons. The van der Waals surface area contributed by atoms with E-state index in [0.29, 0.717) is 42.6 Å². The van der Waals surface area contributed by atoms with Gasteiger partial charge in [-0.3, -0.25) is 0 Å². The maximum absolute atomic E-state index is 9.37. The maximum atomic E-state index is 9.37. The van der Waals surface area contributed by atoms with Crippen molar-refractivity contribution in [2.75, 3.05) is 36.5 Å². The van der Waals surface area contributed by atoms with Crippen LogP contribution in [-0.4, -0.2) is 61.1 Å². The SMILES string of the molecule is CC(C)n1cnc2c(NCc3ccc(CO)cc3)nc(N(CCO)CCO)nc21. The van der Waals surface area contributed by atoms with E-state index in [-0.39, 0.29) is 25.9 Å². The number of nitrogens with one attached hydrogen (secondary N) is 1. The number of hydrogen-bond donors (Lipinski definition) is 4. The Morgan fingerprint density at radius 3 is 2.24 bits per heavy atom. The minimum absolute atomic E-state index is 0.0157. The summed E-state index contributed by atoms with van der Waals surface area (Å²) in [4.78, 5) is 15.5. The normalized spacial score (nSPS) is 11.4. The zero-order valence-electron chi connectivity index (χ0n) is 16.8. The number of aliphatic hydroxyl groups excluding tert-OH is 3. The topological polar surface area (TPSA) is 120 Å². The van der Waals surface area contributed by atoms with Crippen LogP contribution in [0.1, 0.15) is 31.0 Å². The third-order valence-electron chi connectivity index (χ3n) is 4.65. The first-order chi connectivity index (χ1) is 14.1. The Hall–Kier alpha value is -2.75. The molecule has 0 bridgehead atoms. The Kier molecular flexibility index (Phi) is 6.97. The molecule has 9 heteroatoms.